The third kappa shape index (κ3) is 6.40. The summed E-state index contributed by atoms with van der Waals surface area (Å²) in [5.41, 5.74) is 0. The zero-order valence-corrected chi connectivity index (χ0v) is 16.2. The Kier molecular flexibility index (Phi) is 8.11. The van der Waals surface area contributed by atoms with Crippen molar-refractivity contribution in [3.05, 3.63) is 0 Å². The Morgan fingerprint density at radius 2 is 1.73 bits per heavy atom. The summed E-state index contributed by atoms with van der Waals surface area (Å²) < 4.78 is 33.3. The molecule has 1 saturated heterocycles. The van der Waals surface area contributed by atoms with Crippen molar-refractivity contribution in [1.29, 1.82) is 0 Å². The highest BCUT2D eigenvalue weighted by molar-refractivity contribution is 7.87. The number of nitrogens with one attached hydrogen (secondary N) is 2. The van der Waals surface area contributed by atoms with Crippen molar-refractivity contribution in [3.8, 4) is 0 Å². The zero-order chi connectivity index (χ0) is 19.0. The van der Waals surface area contributed by atoms with Gasteiger partial charge in [-0.05, 0) is 19.8 Å². The Bertz CT molecular complexity index is 569. The zero-order valence-electron chi connectivity index (χ0n) is 15.4. The highest BCUT2D eigenvalue weighted by Crippen LogP contribution is 2.17. The van der Waals surface area contributed by atoms with Crippen molar-refractivity contribution in [1.82, 2.24) is 19.2 Å². The SMILES string of the molecule is CCOC(=O)N1CCN(S(=O)(=O)NCCC(=O)NC2CCCCC2)CC1. The fraction of sp³-hybridized carbons (Fsp3) is 0.875. The quantitative estimate of drug-likeness (QED) is 0.656. The van der Waals surface area contributed by atoms with Crippen LogP contribution in [0.25, 0.3) is 0 Å². The Morgan fingerprint density at radius 3 is 2.35 bits per heavy atom. The van der Waals surface area contributed by atoms with Crippen LogP contribution in [0.3, 0.4) is 0 Å². The molecule has 10 heteroatoms. The molecule has 0 aromatic rings. The van der Waals surface area contributed by atoms with Crippen LogP contribution in [0.15, 0.2) is 0 Å². The van der Waals surface area contributed by atoms with Gasteiger partial charge in [0.2, 0.25) is 5.91 Å². The number of carbonyl (C=O) groups is 2. The summed E-state index contributed by atoms with van der Waals surface area (Å²) in [6, 6.07) is 0.226. The molecule has 150 valence electrons. The summed E-state index contributed by atoms with van der Waals surface area (Å²) in [7, 11) is -3.65. The van der Waals surface area contributed by atoms with E-state index in [0.717, 1.165) is 25.7 Å². The number of nitrogens with zero attached hydrogens (tertiary/aromatic N) is 2. The molecule has 0 spiro atoms. The summed E-state index contributed by atoms with van der Waals surface area (Å²) in [6.45, 7) is 3.10. The molecule has 2 rings (SSSR count). The third-order valence-corrected chi connectivity index (χ3v) is 6.33. The molecule has 9 nitrogen and oxygen atoms in total. The normalized spacial score (nSPS) is 20.0. The van der Waals surface area contributed by atoms with Gasteiger partial charge in [0.15, 0.2) is 0 Å². The smallest absolute Gasteiger partial charge is 0.409 e. The van der Waals surface area contributed by atoms with E-state index in [2.05, 4.69) is 10.0 Å². The minimum atomic E-state index is -3.65. The number of hydrogen-bond donors (Lipinski definition) is 2. The van der Waals surface area contributed by atoms with Crippen molar-refractivity contribution in [3.63, 3.8) is 0 Å². The minimum Gasteiger partial charge on any atom is -0.450 e. The van der Waals surface area contributed by atoms with Crippen LogP contribution in [-0.4, -0.2) is 75.0 Å². The molecular formula is C16H30N4O5S. The Hall–Kier alpha value is -1.39. The van der Waals surface area contributed by atoms with Gasteiger partial charge in [-0.25, -0.2) is 9.52 Å². The lowest BCUT2D eigenvalue weighted by Gasteiger charge is -2.33. The molecule has 2 N–H and O–H groups in total. The number of hydrogen-bond acceptors (Lipinski definition) is 5. The number of ether oxygens (including phenoxy) is 1. The Labute approximate surface area is 155 Å². The van der Waals surface area contributed by atoms with E-state index < -0.39 is 16.3 Å². The van der Waals surface area contributed by atoms with Crippen LogP contribution in [0.5, 0.6) is 0 Å². The van der Waals surface area contributed by atoms with Gasteiger partial charge in [0.25, 0.3) is 10.2 Å². The van der Waals surface area contributed by atoms with Crippen LogP contribution in [0.1, 0.15) is 45.4 Å². The van der Waals surface area contributed by atoms with E-state index >= 15 is 0 Å². The summed E-state index contributed by atoms with van der Waals surface area (Å²) in [5, 5.41) is 2.97. The summed E-state index contributed by atoms with van der Waals surface area (Å²) >= 11 is 0. The van der Waals surface area contributed by atoms with E-state index in [-0.39, 0.29) is 38.0 Å². The van der Waals surface area contributed by atoms with Gasteiger partial charge in [0.1, 0.15) is 0 Å². The van der Waals surface area contributed by atoms with Gasteiger partial charge >= 0.3 is 6.09 Å². The second-order valence-corrected chi connectivity index (χ2v) is 8.39. The second kappa shape index (κ2) is 10.1. The summed E-state index contributed by atoms with van der Waals surface area (Å²) in [6.07, 6.45) is 5.19. The van der Waals surface area contributed by atoms with Gasteiger partial charge in [-0.2, -0.15) is 12.7 Å². The minimum absolute atomic E-state index is 0.0684. The van der Waals surface area contributed by atoms with Crippen molar-refractivity contribution in [2.45, 2.75) is 51.5 Å². The molecule has 1 saturated carbocycles. The lowest BCUT2D eigenvalue weighted by atomic mass is 9.95. The average Bonchev–Trinajstić information content (AvgIpc) is 2.62. The molecular weight excluding hydrogens is 360 g/mol. The van der Waals surface area contributed by atoms with Crippen LogP contribution < -0.4 is 10.0 Å². The van der Waals surface area contributed by atoms with Crippen molar-refractivity contribution >= 4 is 22.2 Å². The number of carbonyl (C=O) groups excluding carboxylic acids is 2. The number of rotatable bonds is 7. The molecule has 0 aromatic carbocycles. The largest absolute Gasteiger partial charge is 0.450 e. The maximum atomic E-state index is 12.3. The van der Waals surface area contributed by atoms with E-state index in [1.54, 1.807) is 6.92 Å². The fourth-order valence-corrected chi connectivity index (χ4v) is 4.44. The standard InChI is InChI=1S/C16H30N4O5S/c1-2-25-16(22)19-10-12-20(13-11-19)26(23,24)17-9-8-15(21)18-14-6-4-3-5-7-14/h14,17H,2-13H2,1H3,(H,18,21). The van der Waals surface area contributed by atoms with E-state index in [0.29, 0.717) is 19.7 Å². The van der Waals surface area contributed by atoms with E-state index in [4.69, 9.17) is 4.74 Å². The Morgan fingerprint density at radius 1 is 1.08 bits per heavy atom. The Balaban J connectivity index is 1.68. The molecule has 0 unspecified atom stereocenters. The molecule has 2 aliphatic rings. The van der Waals surface area contributed by atoms with Gasteiger partial charge in [-0.1, -0.05) is 19.3 Å². The number of piperazine rings is 1. The van der Waals surface area contributed by atoms with E-state index in [1.165, 1.54) is 15.6 Å². The fourth-order valence-electron chi connectivity index (χ4n) is 3.26. The highest BCUT2D eigenvalue weighted by Gasteiger charge is 2.29. The van der Waals surface area contributed by atoms with E-state index in [1.807, 2.05) is 0 Å². The third-order valence-electron chi connectivity index (χ3n) is 4.71. The molecule has 2 fully saturated rings. The first-order chi connectivity index (χ1) is 12.4. The van der Waals surface area contributed by atoms with Crippen LogP contribution in [0.2, 0.25) is 0 Å². The molecule has 0 aromatic heterocycles. The van der Waals surface area contributed by atoms with Crippen LogP contribution in [-0.2, 0) is 19.7 Å². The first-order valence-electron chi connectivity index (χ1n) is 9.38. The van der Waals surface area contributed by atoms with Crippen LogP contribution in [0.4, 0.5) is 4.79 Å². The monoisotopic (exact) mass is 390 g/mol. The molecule has 0 radical (unpaired) electrons. The van der Waals surface area contributed by atoms with Crippen molar-refractivity contribution in [2.75, 3.05) is 39.3 Å². The average molecular weight is 391 g/mol. The predicted octanol–water partition coefficient (Wildman–Crippen LogP) is 0.434. The second-order valence-electron chi connectivity index (χ2n) is 6.64. The lowest BCUT2D eigenvalue weighted by Crippen LogP contribution is -2.53. The first kappa shape index (κ1) is 20.9. The summed E-state index contributed by atoms with van der Waals surface area (Å²) in [5.74, 6) is -0.119. The molecule has 1 aliphatic carbocycles. The topological polar surface area (TPSA) is 108 Å². The predicted molar refractivity (Wildman–Crippen MR) is 96.7 cm³/mol. The van der Waals surface area contributed by atoms with Gasteiger partial charge in [0, 0.05) is 45.2 Å². The van der Waals surface area contributed by atoms with Crippen molar-refractivity contribution in [2.24, 2.45) is 0 Å². The van der Waals surface area contributed by atoms with Crippen LogP contribution >= 0.6 is 0 Å². The maximum absolute atomic E-state index is 12.3. The first-order valence-corrected chi connectivity index (χ1v) is 10.8. The molecule has 0 bridgehead atoms. The van der Waals surface area contributed by atoms with Gasteiger partial charge in [-0.15, -0.1) is 0 Å². The molecule has 0 atom stereocenters. The van der Waals surface area contributed by atoms with Gasteiger partial charge in [-0.3, -0.25) is 4.79 Å². The van der Waals surface area contributed by atoms with E-state index in [9.17, 15) is 18.0 Å². The molecule has 2 amide bonds. The molecule has 26 heavy (non-hydrogen) atoms. The number of amides is 2. The molecule has 1 heterocycles. The summed E-state index contributed by atoms with van der Waals surface area (Å²) in [4.78, 5) is 25.1. The highest BCUT2D eigenvalue weighted by atomic mass is 32.2. The molecule has 1 aliphatic heterocycles. The lowest BCUT2D eigenvalue weighted by molar-refractivity contribution is -0.121. The van der Waals surface area contributed by atoms with Gasteiger partial charge in [0.05, 0.1) is 6.61 Å². The maximum Gasteiger partial charge on any atom is 0.409 e. The van der Waals surface area contributed by atoms with Crippen LogP contribution in [0, 0.1) is 0 Å². The van der Waals surface area contributed by atoms with Crippen molar-refractivity contribution < 1.29 is 22.7 Å². The van der Waals surface area contributed by atoms with Gasteiger partial charge < -0.3 is 15.0 Å².